The molecule has 1 fully saturated rings. The monoisotopic (exact) mass is 285 g/mol. The highest BCUT2D eigenvalue weighted by atomic mass is 35.5. The third kappa shape index (κ3) is 3.30. The van der Waals surface area contributed by atoms with Gasteiger partial charge in [0.25, 0.3) is 0 Å². The van der Waals surface area contributed by atoms with E-state index in [2.05, 4.69) is 24.3 Å². The van der Waals surface area contributed by atoms with Crippen molar-refractivity contribution in [3.63, 3.8) is 0 Å². The Labute approximate surface area is 120 Å². The zero-order chi connectivity index (χ0) is 13.8. The van der Waals surface area contributed by atoms with Crippen LogP contribution in [0.3, 0.4) is 0 Å². The van der Waals surface area contributed by atoms with Crippen molar-refractivity contribution in [2.45, 2.75) is 45.8 Å². The predicted octanol–water partition coefficient (Wildman–Crippen LogP) is 2.54. The first kappa shape index (κ1) is 14.8. The van der Waals surface area contributed by atoms with Gasteiger partial charge in [0.1, 0.15) is 0 Å². The quantitative estimate of drug-likeness (QED) is 0.873. The van der Waals surface area contributed by atoms with Crippen molar-refractivity contribution in [3.05, 3.63) is 16.4 Å². The van der Waals surface area contributed by atoms with Crippen molar-refractivity contribution in [1.29, 1.82) is 0 Å². The molecule has 0 spiro atoms. The Balaban J connectivity index is 1.87. The standard InChI is InChI=1S/C14H24ClN3O/c1-4-11-14(15)12(18(3)17-11)9-16-8-10-6-7-19-13(10)5-2/h10,13,16H,4-9H2,1-3H3. The van der Waals surface area contributed by atoms with Crippen molar-refractivity contribution in [3.8, 4) is 0 Å². The van der Waals surface area contributed by atoms with Crippen LogP contribution in [-0.2, 0) is 24.8 Å². The van der Waals surface area contributed by atoms with Crippen molar-refractivity contribution < 1.29 is 4.74 Å². The number of rotatable bonds is 6. The third-order valence-electron chi connectivity index (χ3n) is 3.95. The Hall–Kier alpha value is -0.580. The summed E-state index contributed by atoms with van der Waals surface area (Å²) < 4.78 is 7.59. The second-order valence-electron chi connectivity index (χ2n) is 5.18. The topological polar surface area (TPSA) is 39.1 Å². The minimum Gasteiger partial charge on any atom is -0.378 e. The zero-order valence-corrected chi connectivity index (χ0v) is 12.8. The van der Waals surface area contributed by atoms with Crippen LogP contribution in [0.1, 0.15) is 38.1 Å². The first-order chi connectivity index (χ1) is 9.17. The minimum absolute atomic E-state index is 0.417. The van der Waals surface area contributed by atoms with Crippen LogP contribution in [0, 0.1) is 5.92 Å². The highest BCUT2D eigenvalue weighted by Crippen LogP contribution is 2.23. The number of ether oxygens (including phenoxy) is 1. The van der Waals surface area contributed by atoms with Gasteiger partial charge in [-0.15, -0.1) is 0 Å². The molecule has 0 bridgehead atoms. The molecule has 1 aromatic heterocycles. The van der Waals surface area contributed by atoms with Gasteiger partial charge in [0.2, 0.25) is 0 Å². The average molecular weight is 286 g/mol. The molecule has 1 aliphatic rings. The molecule has 0 aromatic carbocycles. The molecule has 0 radical (unpaired) electrons. The number of nitrogens with zero attached hydrogens (tertiary/aromatic N) is 2. The SMILES string of the molecule is CCc1nn(C)c(CNCC2CCOC2CC)c1Cl. The lowest BCUT2D eigenvalue weighted by molar-refractivity contribution is 0.0872. The highest BCUT2D eigenvalue weighted by Gasteiger charge is 2.26. The lowest BCUT2D eigenvalue weighted by Crippen LogP contribution is -2.28. The number of halogens is 1. The molecule has 1 saturated heterocycles. The predicted molar refractivity (Wildman–Crippen MR) is 77.4 cm³/mol. The number of aryl methyl sites for hydroxylation is 2. The van der Waals surface area contributed by atoms with Gasteiger partial charge in [0.15, 0.2) is 0 Å². The van der Waals surface area contributed by atoms with E-state index in [1.54, 1.807) is 0 Å². The van der Waals surface area contributed by atoms with E-state index in [0.29, 0.717) is 12.0 Å². The van der Waals surface area contributed by atoms with Crippen molar-refractivity contribution in [2.75, 3.05) is 13.2 Å². The van der Waals surface area contributed by atoms with E-state index in [1.807, 2.05) is 11.7 Å². The van der Waals surface area contributed by atoms with E-state index >= 15 is 0 Å². The van der Waals surface area contributed by atoms with Crippen molar-refractivity contribution in [1.82, 2.24) is 15.1 Å². The molecule has 2 heterocycles. The average Bonchev–Trinajstić information content (AvgIpc) is 2.96. The minimum atomic E-state index is 0.417. The highest BCUT2D eigenvalue weighted by molar-refractivity contribution is 6.31. The maximum Gasteiger partial charge on any atom is 0.0863 e. The smallest absolute Gasteiger partial charge is 0.0863 e. The molecule has 0 amide bonds. The van der Waals surface area contributed by atoms with E-state index in [1.165, 1.54) is 0 Å². The second-order valence-corrected chi connectivity index (χ2v) is 5.56. The fourth-order valence-corrected chi connectivity index (χ4v) is 3.13. The summed E-state index contributed by atoms with van der Waals surface area (Å²) >= 11 is 6.33. The number of aromatic nitrogens is 2. The fraction of sp³-hybridized carbons (Fsp3) is 0.786. The molecule has 0 aliphatic carbocycles. The van der Waals surface area contributed by atoms with Crippen molar-refractivity contribution in [2.24, 2.45) is 13.0 Å². The lowest BCUT2D eigenvalue weighted by Gasteiger charge is -2.17. The molecule has 108 valence electrons. The van der Waals surface area contributed by atoms with Gasteiger partial charge >= 0.3 is 0 Å². The molecule has 4 nitrogen and oxygen atoms in total. The fourth-order valence-electron chi connectivity index (χ4n) is 2.77. The van der Waals surface area contributed by atoms with Crippen LogP contribution < -0.4 is 5.32 Å². The van der Waals surface area contributed by atoms with E-state index < -0.39 is 0 Å². The largest absolute Gasteiger partial charge is 0.378 e. The summed E-state index contributed by atoms with van der Waals surface area (Å²) in [5.74, 6) is 0.627. The van der Waals surface area contributed by atoms with Gasteiger partial charge in [-0.05, 0) is 25.2 Å². The van der Waals surface area contributed by atoms with Crippen LogP contribution in [0.2, 0.25) is 5.02 Å². The maximum atomic E-state index is 6.33. The van der Waals surface area contributed by atoms with Gasteiger partial charge in [-0.3, -0.25) is 4.68 Å². The van der Waals surface area contributed by atoms with Crippen molar-refractivity contribution >= 4 is 11.6 Å². The molecule has 19 heavy (non-hydrogen) atoms. The molecule has 2 unspecified atom stereocenters. The van der Waals surface area contributed by atoms with Crippen LogP contribution in [0.4, 0.5) is 0 Å². The van der Waals surface area contributed by atoms with E-state index in [9.17, 15) is 0 Å². The van der Waals surface area contributed by atoms with Gasteiger partial charge in [-0.2, -0.15) is 5.10 Å². The van der Waals surface area contributed by atoms with Gasteiger partial charge in [0, 0.05) is 26.7 Å². The Morgan fingerprint density at radius 1 is 1.47 bits per heavy atom. The number of hydrogen-bond acceptors (Lipinski definition) is 3. The molecule has 2 rings (SSSR count). The Morgan fingerprint density at radius 3 is 2.89 bits per heavy atom. The summed E-state index contributed by atoms with van der Waals surface area (Å²) in [6.07, 6.45) is 3.55. The molecule has 1 aliphatic heterocycles. The Kier molecular flexibility index (Phi) is 5.25. The van der Waals surface area contributed by atoms with Crippen LogP contribution in [0.15, 0.2) is 0 Å². The summed E-state index contributed by atoms with van der Waals surface area (Å²) in [5.41, 5.74) is 2.06. The summed E-state index contributed by atoms with van der Waals surface area (Å²) in [4.78, 5) is 0. The van der Waals surface area contributed by atoms with Crippen LogP contribution in [-0.4, -0.2) is 29.0 Å². The Bertz CT molecular complexity index is 419. The summed E-state index contributed by atoms with van der Waals surface area (Å²) in [7, 11) is 1.95. The normalized spacial score (nSPS) is 23.2. The summed E-state index contributed by atoms with van der Waals surface area (Å²) in [5, 5.41) is 8.74. The summed E-state index contributed by atoms with van der Waals surface area (Å²) in [6, 6.07) is 0. The van der Waals surface area contributed by atoms with Gasteiger partial charge in [0.05, 0.1) is 22.5 Å². The lowest BCUT2D eigenvalue weighted by atomic mass is 10.00. The second kappa shape index (κ2) is 6.73. The molecule has 1 aromatic rings. The van der Waals surface area contributed by atoms with Crippen LogP contribution >= 0.6 is 11.6 Å². The van der Waals surface area contributed by atoms with E-state index in [-0.39, 0.29) is 0 Å². The van der Waals surface area contributed by atoms with Gasteiger partial charge in [-0.25, -0.2) is 0 Å². The van der Waals surface area contributed by atoms with Crippen LogP contribution in [0.25, 0.3) is 0 Å². The van der Waals surface area contributed by atoms with E-state index in [0.717, 1.165) is 55.4 Å². The number of nitrogens with one attached hydrogen (secondary N) is 1. The molecule has 2 atom stereocenters. The molecular weight excluding hydrogens is 262 g/mol. The first-order valence-corrected chi connectivity index (χ1v) is 7.57. The summed E-state index contributed by atoms with van der Waals surface area (Å²) in [6.45, 7) is 6.93. The first-order valence-electron chi connectivity index (χ1n) is 7.19. The third-order valence-corrected chi connectivity index (χ3v) is 4.39. The zero-order valence-electron chi connectivity index (χ0n) is 12.1. The maximum absolute atomic E-state index is 6.33. The molecule has 1 N–H and O–H groups in total. The van der Waals surface area contributed by atoms with Crippen LogP contribution in [0.5, 0.6) is 0 Å². The van der Waals surface area contributed by atoms with Gasteiger partial charge in [-0.1, -0.05) is 25.4 Å². The number of hydrogen-bond donors (Lipinski definition) is 1. The van der Waals surface area contributed by atoms with E-state index in [4.69, 9.17) is 16.3 Å². The molecular formula is C14H24ClN3O. The molecule has 0 saturated carbocycles. The van der Waals surface area contributed by atoms with Gasteiger partial charge < -0.3 is 10.1 Å². The Morgan fingerprint density at radius 2 is 2.26 bits per heavy atom. The molecule has 5 heteroatoms.